The van der Waals surface area contributed by atoms with Gasteiger partial charge in [-0.05, 0) is 70.3 Å². The van der Waals surface area contributed by atoms with Crippen LogP contribution in [0.15, 0.2) is 30.3 Å². The molecule has 1 amide bonds. The van der Waals surface area contributed by atoms with Crippen molar-refractivity contribution in [2.75, 3.05) is 58.9 Å². The lowest BCUT2D eigenvalue weighted by Crippen LogP contribution is -2.55. The zero-order valence-corrected chi connectivity index (χ0v) is 19.5. The first-order chi connectivity index (χ1) is 15.5. The van der Waals surface area contributed by atoms with Gasteiger partial charge in [0.1, 0.15) is 12.3 Å². The molecule has 0 aliphatic carbocycles. The number of ether oxygens (including phenoxy) is 1. The topological polar surface area (TPSA) is 48.1 Å². The summed E-state index contributed by atoms with van der Waals surface area (Å²) in [6.45, 7) is 10.1. The van der Waals surface area contributed by atoms with Crippen molar-refractivity contribution in [2.45, 2.75) is 50.9 Å². The largest absolute Gasteiger partial charge is 0.445 e. The van der Waals surface area contributed by atoms with E-state index in [0.717, 1.165) is 64.2 Å². The minimum absolute atomic E-state index is 0.216. The van der Waals surface area contributed by atoms with Gasteiger partial charge >= 0.3 is 6.09 Å². The van der Waals surface area contributed by atoms with Gasteiger partial charge in [-0.25, -0.2) is 9.18 Å². The predicted octanol–water partition coefficient (Wildman–Crippen LogP) is 3.13. The molecule has 3 saturated heterocycles. The molecule has 1 aromatic rings. The number of rotatable bonds is 6. The van der Waals surface area contributed by atoms with Gasteiger partial charge in [0.25, 0.3) is 0 Å². The Hall–Kier alpha value is -1.70. The fourth-order valence-corrected chi connectivity index (χ4v) is 5.34. The minimum atomic E-state index is -1.00. The van der Waals surface area contributed by atoms with E-state index in [0.29, 0.717) is 44.5 Å². The molecular weight excluding hydrogens is 407 g/mol. The summed E-state index contributed by atoms with van der Waals surface area (Å²) in [6, 6.07) is 10.1. The van der Waals surface area contributed by atoms with Crippen LogP contribution in [0.25, 0.3) is 0 Å². The van der Waals surface area contributed by atoms with Crippen molar-refractivity contribution in [3.63, 3.8) is 0 Å². The summed E-state index contributed by atoms with van der Waals surface area (Å²) in [5.74, 6) is 0.661. The normalized spacial score (nSPS) is 25.6. The Balaban J connectivity index is 1.16. The van der Waals surface area contributed by atoms with E-state index in [4.69, 9.17) is 4.74 Å². The summed E-state index contributed by atoms with van der Waals surface area (Å²) >= 11 is 0. The average molecular weight is 447 g/mol. The lowest BCUT2D eigenvalue weighted by molar-refractivity contribution is 0.0258. The zero-order chi connectivity index (χ0) is 22.4. The molecule has 3 aliphatic rings. The number of likely N-dealkylation sites (tertiary alicyclic amines) is 1. The van der Waals surface area contributed by atoms with Gasteiger partial charge in [-0.2, -0.15) is 0 Å². The molecule has 3 fully saturated rings. The van der Waals surface area contributed by atoms with Gasteiger partial charge < -0.3 is 19.9 Å². The summed E-state index contributed by atoms with van der Waals surface area (Å²) < 4.78 is 20.5. The van der Waals surface area contributed by atoms with Crippen LogP contribution in [0.5, 0.6) is 0 Å². The molecule has 3 aliphatic heterocycles. The quantitative estimate of drug-likeness (QED) is 0.728. The van der Waals surface area contributed by atoms with Crippen molar-refractivity contribution in [1.82, 2.24) is 20.0 Å². The number of amides is 1. The third kappa shape index (κ3) is 6.42. The van der Waals surface area contributed by atoms with E-state index >= 15 is 0 Å². The highest BCUT2D eigenvalue weighted by atomic mass is 19.1. The number of piperazine rings is 1. The third-order valence-electron chi connectivity index (χ3n) is 7.43. The second-order valence-corrected chi connectivity index (χ2v) is 9.95. The molecule has 4 rings (SSSR count). The molecule has 32 heavy (non-hydrogen) atoms. The number of piperidine rings is 2. The van der Waals surface area contributed by atoms with Gasteiger partial charge in [0, 0.05) is 38.8 Å². The van der Waals surface area contributed by atoms with E-state index in [2.05, 4.69) is 22.0 Å². The lowest BCUT2D eigenvalue weighted by Gasteiger charge is -2.43. The first-order valence-corrected chi connectivity index (χ1v) is 12.3. The second-order valence-electron chi connectivity index (χ2n) is 9.95. The Bertz CT molecular complexity index is 720. The second kappa shape index (κ2) is 10.9. The highest BCUT2D eigenvalue weighted by Crippen LogP contribution is 2.28. The third-order valence-corrected chi connectivity index (χ3v) is 7.43. The van der Waals surface area contributed by atoms with E-state index in [9.17, 15) is 9.18 Å². The number of nitrogens with one attached hydrogen (secondary N) is 1. The molecule has 0 unspecified atom stereocenters. The number of carbonyl (C=O) groups excluding carboxylic acids is 1. The predicted molar refractivity (Wildman–Crippen MR) is 124 cm³/mol. The van der Waals surface area contributed by atoms with Crippen molar-refractivity contribution in [3.8, 4) is 0 Å². The van der Waals surface area contributed by atoms with Crippen molar-refractivity contribution in [1.29, 1.82) is 0 Å². The van der Waals surface area contributed by atoms with Crippen molar-refractivity contribution in [2.24, 2.45) is 5.92 Å². The molecule has 0 aromatic heterocycles. The molecule has 6 nitrogen and oxygen atoms in total. The molecular formula is C25H39FN4O2. The van der Waals surface area contributed by atoms with Gasteiger partial charge in [-0.3, -0.25) is 4.90 Å². The van der Waals surface area contributed by atoms with Crippen LogP contribution in [0.4, 0.5) is 9.18 Å². The highest BCUT2D eigenvalue weighted by Gasteiger charge is 2.35. The van der Waals surface area contributed by atoms with E-state index in [1.807, 2.05) is 35.2 Å². The maximum absolute atomic E-state index is 15.0. The van der Waals surface area contributed by atoms with E-state index in [-0.39, 0.29) is 6.09 Å². The Morgan fingerprint density at radius 2 is 1.84 bits per heavy atom. The number of nitrogens with zero attached hydrogens (tertiary/aromatic N) is 3. The van der Waals surface area contributed by atoms with Crippen molar-refractivity contribution < 1.29 is 13.9 Å². The molecule has 0 radical (unpaired) electrons. The number of carbonyl (C=O) groups is 1. The van der Waals surface area contributed by atoms with Gasteiger partial charge in [0.05, 0.1) is 0 Å². The molecule has 1 aromatic carbocycles. The van der Waals surface area contributed by atoms with Gasteiger partial charge in [0.2, 0.25) is 0 Å². The van der Waals surface area contributed by atoms with Crippen LogP contribution in [0.3, 0.4) is 0 Å². The van der Waals surface area contributed by atoms with Crippen LogP contribution in [-0.2, 0) is 11.3 Å². The monoisotopic (exact) mass is 446 g/mol. The van der Waals surface area contributed by atoms with E-state index < -0.39 is 5.67 Å². The first-order valence-electron chi connectivity index (χ1n) is 12.3. The number of alkyl halides is 1. The van der Waals surface area contributed by atoms with Crippen LogP contribution >= 0.6 is 0 Å². The van der Waals surface area contributed by atoms with Crippen LogP contribution in [0.1, 0.15) is 38.2 Å². The van der Waals surface area contributed by atoms with Gasteiger partial charge in [0.15, 0.2) is 0 Å². The summed E-state index contributed by atoms with van der Waals surface area (Å²) in [4.78, 5) is 19.2. The van der Waals surface area contributed by atoms with Crippen LogP contribution in [-0.4, -0.2) is 91.4 Å². The maximum atomic E-state index is 15.0. The van der Waals surface area contributed by atoms with E-state index in [1.165, 1.54) is 0 Å². The molecule has 1 N–H and O–H groups in total. The lowest BCUT2D eigenvalue weighted by atomic mass is 9.90. The Morgan fingerprint density at radius 1 is 1.12 bits per heavy atom. The van der Waals surface area contributed by atoms with Crippen LogP contribution in [0.2, 0.25) is 0 Å². The Kier molecular flexibility index (Phi) is 8.02. The average Bonchev–Trinajstić information content (AvgIpc) is 2.81. The highest BCUT2D eigenvalue weighted by molar-refractivity contribution is 5.67. The molecule has 178 valence electrons. The first kappa shape index (κ1) is 23.5. The number of benzene rings is 1. The summed E-state index contributed by atoms with van der Waals surface area (Å²) in [5, 5.41) is 3.26. The molecule has 0 spiro atoms. The maximum Gasteiger partial charge on any atom is 0.410 e. The van der Waals surface area contributed by atoms with Gasteiger partial charge in [-0.15, -0.1) is 0 Å². The van der Waals surface area contributed by atoms with Crippen molar-refractivity contribution in [3.05, 3.63) is 35.9 Å². The number of hydrogen-bond acceptors (Lipinski definition) is 5. The summed E-state index contributed by atoms with van der Waals surface area (Å²) in [5.41, 5.74) is 0.00983. The summed E-state index contributed by atoms with van der Waals surface area (Å²) in [7, 11) is 0. The van der Waals surface area contributed by atoms with Gasteiger partial charge in [-0.1, -0.05) is 30.3 Å². The Morgan fingerprint density at radius 3 is 2.53 bits per heavy atom. The van der Waals surface area contributed by atoms with E-state index in [1.54, 1.807) is 0 Å². The fourth-order valence-electron chi connectivity index (χ4n) is 5.34. The summed E-state index contributed by atoms with van der Waals surface area (Å²) in [6.07, 6.45) is 3.35. The fraction of sp³-hybridized carbons (Fsp3) is 0.720. The number of hydrogen-bond donors (Lipinski definition) is 1. The molecule has 0 bridgehead atoms. The molecule has 3 heterocycles. The Labute approximate surface area is 192 Å². The SMILES string of the molecule is C[C@H]1CN(C(=O)OCc2ccccc2)CCN1CC1CCN(CC2(F)CCNCC2)CC1. The van der Waals surface area contributed by atoms with Crippen LogP contribution in [0, 0.1) is 5.92 Å². The molecule has 7 heteroatoms. The van der Waals surface area contributed by atoms with Crippen LogP contribution < -0.4 is 5.32 Å². The smallest absolute Gasteiger partial charge is 0.410 e. The minimum Gasteiger partial charge on any atom is -0.445 e. The standard InChI is InChI=1S/C25H39FN4O2/c1-21-17-30(24(31)32-19-23-5-3-2-4-6-23)16-15-29(21)18-22-7-13-28(14-8-22)20-25(26)9-11-27-12-10-25/h2-6,21-22,27H,7-20H2,1H3/t21-/m0/s1. The number of halogens is 1. The molecule has 0 saturated carbocycles. The van der Waals surface area contributed by atoms with Crippen molar-refractivity contribution >= 4 is 6.09 Å². The zero-order valence-electron chi connectivity index (χ0n) is 19.5. The molecule has 1 atom stereocenters.